The Kier molecular flexibility index (Phi) is 17.3. The lowest BCUT2D eigenvalue weighted by Crippen LogP contribution is -2.42. The van der Waals surface area contributed by atoms with Gasteiger partial charge in [-0.3, -0.25) is 9.59 Å². The average molecular weight is 1050 g/mol. The van der Waals surface area contributed by atoms with E-state index in [9.17, 15) is 9.59 Å². The number of nitrogens with zero attached hydrogens (tertiary/aromatic N) is 4. The molecule has 0 spiro atoms. The van der Waals surface area contributed by atoms with Crippen molar-refractivity contribution in [2.75, 3.05) is 48.3 Å². The molecule has 2 aliphatic rings. The molecule has 2 heterocycles. The van der Waals surface area contributed by atoms with E-state index in [0.717, 1.165) is 143 Å². The summed E-state index contributed by atoms with van der Waals surface area (Å²) in [5.41, 5.74) is 33.4. The predicted molar refractivity (Wildman–Crippen MR) is 321 cm³/mol. The van der Waals surface area contributed by atoms with Crippen LogP contribution in [0.3, 0.4) is 0 Å². The van der Waals surface area contributed by atoms with Crippen molar-refractivity contribution >= 4 is 78.7 Å². The molecule has 2 aromatic heterocycles. The number of unbranched alkanes of at least 4 members (excludes halogenated alkanes) is 6. The van der Waals surface area contributed by atoms with Gasteiger partial charge in [-0.15, -0.1) is 0 Å². The molecular formula is C66H82N10O2+2. The molecule has 2 amide bonds. The van der Waals surface area contributed by atoms with Gasteiger partial charge in [-0.2, -0.15) is 9.13 Å². The lowest BCUT2D eigenvalue weighted by Gasteiger charge is -2.20. The highest BCUT2D eigenvalue weighted by Gasteiger charge is 2.31. The first-order valence-electron chi connectivity index (χ1n) is 29.3. The molecule has 12 nitrogen and oxygen atoms in total. The van der Waals surface area contributed by atoms with Crippen molar-refractivity contribution in [2.45, 2.75) is 155 Å². The van der Waals surface area contributed by atoms with E-state index in [4.69, 9.17) is 21.4 Å². The van der Waals surface area contributed by atoms with Crippen LogP contribution in [0, 0.1) is 27.7 Å². The van der Waals surface area contributed by atoms with Crippen LogP contribution in [0.25, 0.3) is 55.3 Å². The fraction of sp³-hybridized carbons (Fsp3) is 0.424. The molecule has 6 aromatic carbocycles. The third-order valence-corrected chi connectivity index (χ3v) is 16.8. The summed E-state index contributed by atoms with van der Waals surface area (Å²) in [5.74, 6) is -0.118. The number of anilines is 4. The molecule has 10 rings (SSSR count). The van der Waals surface area contributed by atoms with Crippen molar-refractivity contribution in [1.29, 1.82) is 0 Å². The number of nitrogen functional groups attached to an aromatic ring is 2. The zero-order valence-corrected chi connectivity index (χ0v) is 46.7. The average Bonchev–Trinajstić information content (AvgIpc) is 3.65. The minimum Gasteiger partial charge on any atom is -0.398 e. The van der Waals surface area contributed by atoms with Gasteiger partial charge < -0.3 is 32.7 Å². The number of benzene rings is 6. The van der Waals surface area contributed by atoms with Crippen LogP contribution in [0.1, 0.15) is 171 Å². The minimum absolute atomic E-state index is 0.0590. The molecular weight excluding hydrogens is 965 g/mol. The molecule has 2 saturated carbocycles. The number of nitrogens with one attached hydrogen (secondary N) is 4. The van der Waals surface area contributed by atoms with Crippen molar-refractivity contribution in [2.24, 2.45) is 0 Å². The summed E-state index contributed by atoms with van der Waals surface area (Å²) in [6.07, 6.45) is 20.6. The van der Waals surface area contributed by atoms with Gasteiger partial charge in [0.25, 0.3) is 11.8 Å². The molecule has 0 radical (unpaired) electrons. The van der Waals surface area contributed by atoms with E-state index in [1.165, 1.54) is 86.4 Å². The number of hydrogen-bond donors (Lipinski definition) is 6. The normalized spacial score (nSPS) is 14.4. The van der Waals surface area contributed by atoms with E-state index in [-0.39, 0.29) is 11.8 Å². The van der Waals surface area contributed by atoms with Crippen molar-refractivity contribution in [3.8, 4) is 11.1 Å². The van der Waals surface area contributed by atoms with Crippen molar-refractivity contribution in [1.82, 2.24) is 20.6 Å². The summed E-state index contributed by atoms with van der Waals surface area (Å²) >= 11 is 0. The molecule has 0 bridgehead atoms. The van der Waals surface area contributed by atoms with E-state index in [1.54, 1.807) is 0 Å². The van der Waals surface area contributed by atoms with E-state index >= 15 is 0 Å². The minimum atomic E-state index is -0.0590. The Hall–Kier alpha value is -7.34. The molecule has 12 heteroatoms. The second-order valence-electron chi connectivity index (χ2n) is 22.6. The standard InChI is InChI=1S/C66H80N10O2/c1-43-35-57-61(39-53(43)67)75(51-19-11-9-12-20-51)63-41-55(45(3)37-59(63)73-57)69-31-15-5-7-17-33-71-65(77)49-27-23-47(24-28-49)48-25-29-50(30-26-48)66(78)72-34-18-8-6-16-32-70-56-42-64-60(38-46(56)4)74-58-36-44(2)54(68)40-62(58)76(64)52-21-13-10-14-22-52/h23-30,35-42,51-52H,5-22,31-34H2,1-4H3,(H6,67,68,69,70,71,72,77,78)/p+2. The Labute approximate surface area is 461 Å². The zero-order valence-electron chi connectivity index (χ0n) is 46.7. The number of carbonyl (C=O) groups excluding carboxylic acids is 2. The lowest BCUT2D eigenvalue weighted by molar-refractivity contribution is -0.677. The van der Waals surface area contributed by atoms with Crippen LogP contribution in [0.5, 0.6) is 0 Å². The summed E-state index contributed by atoms with van der Waals surface area (Å²) in [7, 11) is 0. The van der Waals surface area contributed by atoms with Gasteiger partial charge in [-0.25, -0.2) is 9.97 Å². The smallest absolute Gasteiger partial charge is 0.251 e. The van der Waals surface area contributed by atoms with Crippen molar-refractivity contribution in [3.05, 3.63) is 130 Å². The number of aryl methyl sites for hydroxylation is 4. The van der Waals surface area contributed by atoms with Gasteiger partial charge >= 0.3 is 0 Å². The Morgan fingerprint density at radius 2 is 0.769 bits per heavy atom. The summed E-state index contributed by atoms with van der Waals surface area (Å²) < 4.78 is 5.06. The number of carbonyl (C=O) groups is 2. The largest absolute Gasteiger partial charge is 0.398 e. The van der Waals surface area contributed by atoms with Gasteiger partial charge in [0.1, 0.15) is 22.1 Å². The van der Waals surface area contributed by atoms with Crippen LogP contribution in [-0.4, -0.2) is 48.0 Å². The third-order valence-electron chi connectivity index (χ3n) is 16.8. The van der Waals surface area contributed by atoms with E-state index in [1.807, 2.05) is 48.5 Å². The first kappa shape index (κ1) is 54.0. The quantitative estimate of drug-likeness (QED) is 0.0179. The number of nitrogens with two attached hydrogens (primary N) is 2. The van der Waals surface area contributed by atoms with Crippen LogP contribution in [-0.2, 0) is 0 Å². The first-order chi connectivity index (χ1) is 38.0. The van der Waals surface area contributed by atoms with Crippen LogP contribution >= 0.6 is 0 Å². The molecule has 0 atom stereocenters. The van der Waals surface area contributed by atoms with Gasteiger partial charge in [-0.1, -0.05) is 62.8 Å². The summed E-state index contributed by atoms with van der Waals surface area (Å²) in [6, 6.07) is 33.9. The molecule has 2 aliphatic carbocycles. The maximum absolute atomic E-state index is 13.0. The number of hydrogen-bond acceptors (Lipinski definition) is 8. The SMILES string of the molecule is Cc1cc2nc3cc(C)c(NCCCCCCNC(=O)c4ccc(-c5ccc(C(=O)NCCCCCCNc6cc7c(cc6C)nc6cc(C)c(N)cc6[n+]7C6CCCCC6)cc5)cc4)cc3[n+](C3CCCCC3)c2cc1N. The van der Waals surface area contributed by atoms with Crippen LogP contribution in [0.15, 0.2) is 97.1 Å². The maximum atomic E-state index is 13.0. The van der Waals surface area contributed by atoms with Crippen LogP contribution in [0.4, 0.5) is 22.7 Å². The molecule has 406 valence electrons. The molecule has 8 aromatic rings. The Balaban J connectivity index is 0.617. The lowest BCUT2D eigenvalue weighted by atomic mass is 9.94. The Morgan fingerprint density at radius 1 is 0.436 bits per heavy atom. The number of fused-ring (bicyclic) bond motifs is 4. The van der Waals surface area contributed by atoms with Crippen LogP contribution < -0.4 is 41.9 Å². The van der Waals surface area contributed by atoms with Crippen LogP contribution in [0.2, 0.25) is 0 Å². The first-order valence-corrected chi connectivity index (χ1v) is 29.3. The van der Waals surface area contributed by atoms with Gasteiger partial charge in [0.15, 0.2) is 12.1 Å². The second kappa shape index (κ2) is 25.0. The Morgan fingerprint density at radius 3 is 1.14 bits per heavy atom. The molecule has 8 N–H and O–H groups in total. The van der Waals surface area contributed by atoms with Crippen molar-refractivity contribution in [3.63, 3.8) is 0 Å². The molecule has 0 aliphatic heterocycles. The van der Waals surface area contributed by atoms with E-state index < -0.39 is 0 Å². The fourth-order valence-electron chi connectivity index (χ4n) is 12.1. The molecule has 78 heavy (non-hydrogen) atoms. The monoisotopic (exact) mass is 1050 g/mol. The molecule has 0 unspecified atom stereocenters. The van der Waals surface area contributed by atoms with Crippen molar-refractivity contribution < 1.29 is 18.7 Å². The number of amides is 2. The third kappa shape index (κ3) is 12.5. The van der Waals surface area contributed by atoms with E-state index in [2.05, 4.69) is 107 Å². The highest BCUT2D eigenvalue weighted by atomic mass is 16.2. The second-order valence-corrected chi connectivity index (χ2v) is 22.6. The topological polar surface area (TPSA) is 168 Å². The summed E-state index contributed by atoms with van der Waals surface area (Å²) in [6.45, 7) is 11.5. The number of aromatic nitrogens is 4. The Bertz CT molecular complexity index is 3210. The van der Waals surface area contributed by atoms with Gasteiger partial charge in [0.2, 0.25) is 22.1 Å². The zero-order chi connectivity index (χ0) is 54.1. The maximum Gasteiger partial charge on any atom is 0.251 e. The van der Waals surface area contributed by atoms with Gasteiger partial charge in [0, 0.05) is 110 Å². The van der Waals surface area contributed by atoms with Gasteiger partial charge in [-0.05, 0) is 161 Å². The van der Waals surface area contributed by atoms with Gasteiger partial charge in [0.05, 0.1) is 0 Å². The highest BCUT2D eigenvalue weighted by Crippen LogP contribution is 2.33. The summed E-state index contributed by atoms with van der Waals surface area (Å²) in [4.78, 5) is 36.3. The fourth-order valence-corrected chi connectivity index (χ4v) is 12.1. The van der Waals surface area contributed by atoms with E-state index in [0.29, 0.717) is 36.3 Å². The molecule has 2 fully saturated rings. The summed E-state index contributed by atoms with van der Waals surface area (Å²) in [5, 5.41) is 13.7. The molecule has 0 saturated heterocycles. The number of rotatable bonds is 21. The highest BCUT2D eigenvalue weighted by molar-refractivity contribution is 5.96. The predicted octanol–water partition coefficient (Wildman–Crippen LogP) is 13.5.